The topological polar surface area (TPSA) is 93.2 Å². The molecule has 8 heteroatoms. The van der Waals surface area contributed by atoms with Gasteiger partial charge in [0.05, 0.1) is 5.39 Å². The lowest BCUT2D eigenvalue weighted by atomic mass is 10.2. The Morgan fingerprint density at radius 3 is 3.09 bits per heavy atom. The Bertz CT molecular complexity index is 771. The van der Waals surface area contributed by atoms with Crippen LogP contribution in [0.1, 0.15) is 16.9 Å². The Morgan fingerprint density at radius 2 is 2.26 bits per heavy atom. The van der Waals surface area contributed by atoms with E-state index in [1.54, 1.807) is 11.3 Å². The summed E-state index contributed by atoms with van der Waals surface area (Å²) in [5, 5.41) is 5.53. The number of hydrogen-bond acceptors (Lipinski definition) is 6. The van der Waals surface area contributed by atoms with E-state index in [4.69, 9.17) is 4.74 Å². The summed E-state index contributed by atoms with van der Waals surface area (Å²) in [6.45, 7) is 3.48. The van der Waals surface area contributed by atoms with Crippen LogP contribution >= 0.6 is 11.3 Å². The minimum atomic E-state index is -0.581. The van der Waals surface area contributed by atoms with Gasteiger partial charge in [-0.15, -0.1) is 17.9 Å². The summed E-state index contributed by atoms with van der Waals surface area (Å²) >= 11 is 1.65. The number of rotatable bonds is 5. The molecule has 3 rings (SSSR count). The fraction of sp³-hybridized carbons (Fsp3) is 0.333. The third kappa shape index (κ3) is 3.31. The summed E-state index contributed by atoms with van der Waals surface area (Å²) in [6, 6.07) is -0.581. The molecule has 2 N–H and O–H groups in total. The molecular weight excluding hydrogens is 316 g/mol. The predicted octanol–water partition coefficient (Wildman–Crippen LogP) is 1.57. The molecule has 3 amide bonds. The van der Waals surface area contributed by atoms with Gasteiger partial charge in [0.2, 0.25) is 5.88 Å². The maximum absolute atomic E-state index is 11.7. The van der Waals surface area contributed by atoms with Gasteiger partial charge in [0.1, 0.15) is 11.2 Å². The number of fused-ring (bicyclic) bond motifs is 3. The molecule has 0 spiro atoms. The second-order valence-electron chi connectivity index (χ2n) is 5.05. The van der Waals surface area contributed by atoms with Crippen molar-refractivity contribution in [2.75, 3.05) is 13.2 Å². The number of nitrogens with one attached hydrogen (secondary N) is 2. The SMILES string of the molecule is C=CCNC(=O)NC(=O)COc1ncnc2sc3c(c12)CCC3. The molecule has 0 saturated heterocycles. The van der Waals surface area contributed by atoms with Gasteiger partial charge in [0, 0.05) is 11.4 Å². The molecule has 1 aliphatic carbocycles. The van der Waals surface area contributed by atoms with E-state index >= 15 is 0 Å². The molecule has 120 valence electrons. The molecule has 0 unspecified atom stereocenters. The molecule has 23 heavy (non-hydrogen) atoms. The molecule has 2 aromatic rings. The average Bonchev–Trinajstić information content (AvgIpc) is 3.11. The number of hydrogen-bond donors (Lipinski definition) is 2. The van der Waals surface area contributed by atoms with Crippen molar-refractivity contribution < 1.29 is 14.3 Å². The van der Waals surface area contributed by atoms with E-state index in [2.05, 4.69) is 27.2 Å². The van der Waals surface area contributed by atoms with Gasteiger partial charge in [-0.3, -0.25) is 10.1 Å². The third-order valence-corrected chi connectivity index (χ3v) is 4.67. The van der Waals surface area contributed by atoms with Crippen LogP contribution in [0.4, 0.5) is 4.79 Å². The lowest BCUT2D eigenvalue weighted by Gasteiger charge is -2.07. The van der Waals surface area contributed by atoms with E-state index in [-0.39, 0.29) is 13.2 Å². The Morgan fingerprint density at radius 1 is 1.39 bits per heavy atom. The number of aryl methyl sites for hydroxylation is 2. The number of carbonyl (C=O) groups is 2. The number of nitrogens with zero attached hydrogens (tertiary/aromatic N) is 2. The van der Waals surface area contributed by atoms with Crippen molar-refractivity contribution >= 4 is 33.5 Å². The smallest absolute Gasteiger partial charge is 0.321 e. The van der Waals surface area contributed by atoms with Crippen LogP contribution in [0.25, 0.3) is 10.2 Å². The standard InChI is InChI=1S/C15H16N4O3S/c1-2-6-16-15(21)19-11(20)7-22-13-12-9-4-3-5-10(9)23-14(12)18-8-17-13/h2,8H,1,3-7H2,(H2,16,19,20,21). The second-order valence-corrected chi connectivity index (χ2v) is 6.14. The third-order valence-electron chi connectivity index (χ3n) is 3.47. The highest BCUT2D eigenvalue weighted by Crippen LogP contribution is 2.39. The molecular formula is C15H16N4O3S. The van der Waals surface area contributed by atoms with Gasteiger partial charge in [0.25, 0.3) is 5.91 Å². The van der Waals surface area contributed by atoms with E-state index in [0.29, 0.717) is 5.88 Å². The van der Waals surface area contributed by atoms with Crippen molar-refractivity contribution in [3.8, 4) is 5.88 Å². The molecule has 1 aliphatic rings. The highest BCUT2D eigenvalue weighted by Gasteiger charge is 2.22. The summed E-state index contributed by atoms with van der Waals surface area (Å²) in [5.74, 6) is -0.138. The summed E-state index contributed by atoms with van der Waals surface area (Å²) < 4.78 is 5.51. The van der Waals surface area contributed by atoms with Crippen LogP contribution in [-0.4, -0.2) is 35.1 Å². The summed E-state index contributed by atoms with van der Waals surface area (Å²) in [6.07, 6.45) is 6.11. The van der Waals surface area contributed by atoms with Gasteiger partial charge >= 0.3 is 6.03 Å². The summed E-state index contributed by atoms with van der Waals surface area (Å²) in [7, 11) is 0. The molecule has 2 aromatic heterocycles. The van der Waals surface area contributed by atoms with Gasteiger partial charge in [-0.1, -0.05) is 6.08 Å². The van der Waals surface area contributed by atoms with Crippen LogP contribution in [0.2, 0.25) is 0 Å². The molecule has 0 radical (unpaired) electrons. The molecule has 0 saturated carbocycles. The molecule has 0 fully saturated rings. The molecule has 0 aliphatic heterocycles. The number of aromatic nitrogens is 2. The first-order valence-electron chi connectivity index (χ1n) is 7.25. The number of amides is 3. The van der Waals surface area contributed by atoms with Crippen LogP contribution in [0.5, 0.6) is 5.88 Å². The van der Waals surface area contributed by atoms with Crippen LogP contribution < -0.4 is 15.4 Å². The first-order valence-corrected chi connectivity index (χ1v) is 8.07. The summed E-state index contributed by atoms with van der Waals surface area (Å²) in [4.78, 5) is 33.7. The van der Waals surface area contributed by atoms with Crippen molar-refractivity contribution in [1.82, 2.24) is 20.6 Å². The van der Waals surface area contributed by atoms with Crippen molar-refractivity contribution in [3.05, 3.63) is 29.4 Å². The molecule has 2 heterocycles. The highest BCUT2D eigenvalue weighted by molar-refractivity contribution is 7.18. The average molecular weight is 332 g/mol. The monoisotopic (exact) mass is 332 g/mol. The highest BCUT2D eigenvalue weighted by atomic mass is 32.1. The normalized spacial score (nSPS) is 12.7. The Balaban J connectivity index is 1.67. The van der Waals surface area contributed by atoms with Gasteiger partial charge in [-0.05, 0) is 24.8 Å². The number of urea groups is 1. The van der Waals surface area contributed by atoms with E-state index < -0.39 is 11.9 Å². The van der Waals surface area contributed by atoms with Crippen LogP contribution in [-0.2, 0) is 17.6 Å². The Hall–Kier alpha value is -2.48. The summed E-state index contributed by atoms with van der Waals surface area (Å²) in [5.41, 5.74) is 1.23. The van der Waals surface area contributed by atoms with E-state index in [1.807, 2.05) is 0 Å². The quantitative estimate of drug-likeness (QED) is 0.811. The number of thiophene rings is 1. The van der Waals surface area contributed by atoms with Gasteiger partial charge in [-0.2, -0.15) is 0 Å². The zero-order chi connectivity index (χ0) is 16.2. The van der Waals surface area contributed by atoms with Gasteiger partial charge in [-0.25, -0.2) is 14.8 Å². The van der Waals surface area contributed by atoms with Crippen LogP contribution in [0.3, 0.4) is 0 Å². The maximum atomic E-state index is 11.7. The fourth-order valence-electron chi connectivity index (χ4n) is 2.51. The minimum Gasteiger partial charge on any atom is -0.467 e. The zero-order valence-electron chi connectivity index (χ0n) is 12.4. The van der Waals surface area contributed by atoms with Crippen LogP contribution in [0, 0.1) is 0 Å². The van der Waals surface area contributed by atoms with E-state index in [1.165, 1.54) is 22.8 Å². The maximum Gasteiger partial charge on any atom is 0.321 e. The van der Waals surface area contributed by atoms with Gasteiger partial charge in [0.15, 0.2) is 6.61 Å². The van der Waals surface area contributed by atoms with Crippen molar-refractivity contribution in [2.24, 2.45) is 0 Å². The Kier molecular flexibility index (Phi) is 4.52. The van der Waals surface area contributed by atoms with E-state index in [9.17, 15) is 9.59 Å². The second kappa shape index (κ2) is 6.74. The molecule has 7 nitrogen and oxygen atoms in total. The minimum absolute atomic E-state index is 0.280. The fourth-order valence-corrected chi connectivity index (χ4v) is 3.73. The first kappa shape index (κ1) is 15.4. The van der Waals surface area contributed by atoms with Crippen molar-refractivity contribution in [1.29, 1.82) is 0 Å². The number of carbonyl (C=O) groups excluding carboxylic acids is 2. The van der Waals surface area contributed by atoms with Crippen molar-refractivity contribution in [3.63, 3.8) is 0 Å². The van der Waals surface area contributed by atoms with Gasteiger partial charge < -0.3 is 10.1 Å². The number of ether oxygens (including phenoxy) is 1. The largest absolute Gasteiger partial charge is 0.467 e. The molecule has 0 atom stereocenters. The zero-order valence-corrected chi connectivity index (χ0v) is 13.2. The molecule has 0 aromatic carbocycles. The van der Waals surface area contributed by atoms with Crippen molar-refractivity contribution in [2.45, 2.75) is 19.3 Å². The predicted molar refractivity (Wildman–Crippen MR) is 86.7 cm³/mol. The molecule has 0 bridgehead atoms. The lowest BCUT2D eigenvalue weighted by Crippen LogP contribution is -2.41. The van der Waals surface area contributed by atoms with E-state index in [0.717, 1.165) is 29.5 Å². The first-order chi connectivity index (χ1) is 11.2. The Labute approximate surface area is 136 Å². The van der Waals surface area contributed by atoms with Crippen LogP contribution in [0.15, 0.2) is 19.0 Å². The lowest BCUT2D eigenvalue weighted by molar-refractivity contribution is -0.122. The number of imide groups is 1.